The molecule has 1 aliphatic heterocycles. The van der Waals surface area contributed by atoms with Gasteiger partial charge in [-0.3, -0.25) is 4.57 Å². The lowest BCUT2D eigenvalue weighted by atomic mass is 10.1. The molecule has 2 aromatic rings. The minimum absolute atomic E-state index is 0.0279. The molecule has 10 nitrogen and oxygen atoms in total. The highest BCUT2D eigenvalue weighted by molar-refractivity contribution is 7.85. The smallest absolute Gasteiger partial charge is 0.386 e. The van der Waals surface area contributed by atoms with Crippen molar-refractivity contribution in [1.82, 2.24) is 19.5 Å². The van der Waals surface area contributed by atoms with Crippen molar-refractivity contribution >= 4 is 32.4 Å². The second-order valence-corrected chi connectivity index (χ2v) is 9.58. The minimum atomic E-state index is -3.49. The van der Waals surface area contributed by atoms with Crippen LogP contribution in [0, 0.1) is 0 Å². The standard InChI is InChI=1S/C18H28BN5O5P/c1-12-8-27-30(19,26)28-9-14(25)18(29-12)24-11-22-15-16(20-10-21-17(15)24)23-13-6-4-2-3-5-7-13/h10-14,18,25-26H,2-9H2,1H3,(H,20,21,23)/q+1/t12-,14-,18+,30?/m0/s1. The number of nitrogens with zero attached hydrogens (tertiary/aromatic N) is 4. The second kappa shape index (κ2) is 9.42. The third kappa shape index (κ3) is 5.10. The van der Waals surface area contributed by atoms with E-state index in [1.807, 2.05) is 0 Å². The topological polar surface area (TPSA) is 124 Å². The lowest BCUT2D eigenvalue weighted by Gasteiger charge is -2.25. The van der Waals surface area contributed by atoms with Crippen molar-refractivity contribution in [2.24, 2.45) is 0 Å². The van der Waals surface area contributed by atoms with E-state index in [0.29, 0.717) is 23.0 Å². The molecule has 1 saturated carbocycles. The van der Waals surface area contributed by atoms with Crippen molar-refractivity contribution in [3.05, 3.63) is 12.7 Å². The predicted octanol–water partition coefficient (Wildman–Crippen LogP) is 2.11. The molecule has 12 heteroatoms. The molecule has 4 rings (SSSR count). The van der Waals surface area contributed by atoms with Gasteiger partial charge < -0.3 is 15.2 Å². The number of hydrogen-bond acceptors (Lipinski definition) is 9. The zero-order chi connectivity index (χ0) is 21.1. The van der Waals surface area contributed by atoms with Gasteiger partial charge in [0.1, 0.15) is 25.6 Å². The van der Waals surface area contributed by atoms with Gasteiger partial charge in [0.2, 0.25) is 0 Å². The summed E-state index contributed by atoms with van der Waals surface area (Å²) < 4.78 is 18.0. The highest BCUT2D eigenvalue weighted by atomic mass is 31.2. The number of nitrogens with one attached hydrogen (secondary N) is 1. The fourth-order valence-electron chi connectivity index (χ4n) is 3.89. The molecular formula is C18H28BN5O5P+. The molecule has 0 bridgehead atoms. The molecule has 2 aromatic heterocycles. The summed E-state index contributed by atoms with van der Waals surface area (Å²) in [7, 11) is 2.13. The number of imidazole rings is 1. The Morgan fingerprint density at radius 3 is 2.63 bits per heavy atom. The molecule has 2 aliphatic rings. The molecule has 1 aliphatic carbocycles. The predicted molar refractivity (Wildman–Crippen MR) is 113 cm³/mol. The van der Waals surface area contributed by atoms with Gasteiger partial charge in [0.15, 0.2) is 23.2 Å². The van der Waals surface area contributed by atoms with Crippen LogP contribution in [0.5, 0.6) is 0 Å². The van der Waals surface area contributed by atoms with Crippen molar-refractivity contribution in [2.45, 2.75) is 69.9 Å². The van der Waals surface area contributed by atoms with Crippen LogP contribution in [-0.4, -0.2) is 68.5 Å². The normalized spacial score (nSPS) is 32.2. The van der Waals surface area contributed by atoms with Gasteiger partial charge in [0.05, 0.1) is 12.4 Å². The Balaban J connectivity index is 1.60. The van der Waals surface area contributed by atoms with E-state index in [4.69, 9.17) is 21.4 Å². The van der Waals surface area contributed by atoms with Crippen LogP contribution in [0.15, 0.2) is 12.7 Å². The van der Waals surface area contributed by atoms with Crippen LogP contribution in [0.2, 0.25) is 0 Å². The van der Waals surface area contributed by atoms with Crippen LogP contribution in [0.25, 0.3) is 11.2 Å². The number of rotatable bonds is 3. The Morgan fingerprint density at radius 2 is 1.87 bits per heavy atom. The molecule has 0 spiro atoms. The summed E-state index contributed by atoms with van der Waals surface area (Å²) in [5, 5.41) is 14.2. The lowest BCUT2D eigenvalue weighted by molar-refractivity contribution is -0.120. The summed E-state index contributed by atoms with van der Waals surface area (Å²) in [6, 6.07) is 0.360. The van der Waals surface area contributed by atoms with Crippen LogP contribution in [0.4, 0.5) is 5.82 Å². The van der Waals surface area contributed by atoms with Crippen molar-refractivity contribution in [3.63, 3.8) is 0 Å². The first-order valence-corrected chi connectivity index (χ1v) is 12.0. The lowest BCUT2D eigenvalue weighted by Crippen LogP contribution is -2.32. The van der Waals surface area contributed by atoms with E-state index in [9.17, 15) is 10.00 Å². The van der Waals surface area contributed by atoms with Gasteiger partial charge in [-0.2, -0.15) is 9.05 Å². The van der Waals surface area contributed by atoms with Crippen LogP contribution in [0.1, 0.15) is 51.7 Å². The van der Waals surface area contributed by atoms with Crippen molar-refractivity contribution in [1.29, 1.82) is 0 Å². The Morgan fingerprint density at radius 1 is 1.13 bits per heavy atom. The number of fused-ring (bicyclic) bond motifs is 1. The largest absolute Gasteiger partial charge is 0.488 e. The molecule has 2 radical (unpaired) electrons. The number of aliphatic hydroxyl groups is 1. The molecule has 2 fully saturated rings. The molecule has 4 atom stereocenters. The third-order valence-corrected chi connectivity index (χ3v) is 6.49. The average molecular weight is 436 g/mol. The molecule has 0 aromatic carbocycles. The maximum absolute atomic E-state index is 10.7. The SMILES string of the molecule is [B][P+]1(O)OC[C@H](C)O[C@@H](n2cnc3c(NC4CCCCCC4)ncnc32)[C@@H](O)CO1. The Hall–Kier alpha value is -1.36. The first kappa shape index (κ1) is 21.9. The van der Waals surface area contributed by atoms with E-state index >= 15 is 0 Å². The molecule has 0 amide bonds. The fraction of sp³-hybridized carbons (Fsp3) is 0.722. The molecule has 3 heterocycles. The van der Waals surface area contributed by atoms with Crippen LogP contribution < -0.4 is 5.32 Å². The summed E-state index contributed by atoms with van der Waals surface area (Å²) in [6.45, 7) is 1.54. The number of anilines is 1. The van der Waals surface area contributed by atoms with Gasteiger partial charge >= 0.3 is 15.4 Å². The minimum Gasteiger partial charge on any atom is -0.386 e. The summed E-state index contributed by atoms with van der Waals surface area (Å²) in [5.74, 6) is 0.679. The Labute approximate surface area is 177 Å². The molecule has 1 unspecified atom stereocenters. The first-order valence-electron chi connectivity index (χ1n) is 10.4. The Bertz CT molecular complexity index is 847. The number of aliphatic hydroxyl groups excluding tert-OH is 1. The summed E-state index contributed by atoms with van der Waals surface area (Å²) in [6.07, 6.45) is 7.81. The summed E-state index contributed by atoms with van der Waals surface area (Å²) in [5.41, 5.74) is 1.15. The van der Waals surface area contributed by atoms with Gasteiger partial charge in [0, 0.05) is 6.04 Å². The van der Waals surface area contributed by atoms with E-state index in [1.165, 1.54) is 32.0 Å². The van der Waals surface area contributed by atoms with E-state index in [-0.39, 0.29) is 13.2 Å². The molecule has 162 valence electrons. The van der Waals surface area contributed by atoms with E-state index in [2.05, 4.69) is 20.3 Å². The number of ether oxygens (including phenoxy) is 1. The number of aromatic nitrogens is 4. The zero-order valence-corrected chi connectivity index (χ0v) is 17.9. The van der Waals surface area contributed by atoms with E-state index in [0.717, 1.165) is 12.8 Å². The van der Waals surface area contributed by atoms with Crippen LogP contribution in [0.3, 0.4) is 0 Å². The molecule has 30 heavy (non-hydrogen) atoms. The van der Waals surface area contributed by atoms with Crippen molar-refractivity contribution in [2.75, 3.05) is 18.5 Å². The average Bonchev–Trinajstić information content (AvgIpc) is 3.00. The molecule has 1 saturated heterocycles. The van der Waals surface area contributed by atoms with Crippen molar-refractivity contribution in [3.8, 4) is 0 Å². The van der Waals surface area contributed by atoms with Gasteiger partial charge in [-0.15, -0.1) is 0 Å². The molecular weight excluding hydrogens is 408 g/mol. The maximum Gasteiger partial charge on any atom is 0.488 e. The van der Waals surface area contributed by atoms with Gasteiger partial charge in [0.25, 0.3) is 0 Å². The monoisotopic (exact) mass is 436 g/mol. The quantitative estimate of drug-likeness (QED) is 0.377. The third-order valence-electron chi connectivity index (χ3n) is 5.45. The van der Waals surface area contributed by atoms with Crippen LogP contribution in [-0.2, 0) is 13.8 Å². The maximum atomic E-state index is 10.7. The van der Waals surface area contributed by atoms with Gasteiger partial charge in [-0.25, -0.2) is 19.8 Å². The summed E-state index contributed by atoms with van der Waals surface area (Å²) in [4.78, 5) is 23.2. The van der Waals surface area contributed by atoms with Gasteiger partial charge in [-0.1, -0.05) is 25.7 Å². The number of hydrogen-bond donors (Lipinski definition) is 3. The second-order valence-electron chi connectivity index (χ2n) is 7.94. The van der Waals surface area contributed by atoms with E-state index < -0.39 is 26.3 Å². The summed E-state index contributed by atoms with van der Waals surface area (Å²) >= 11 is 0. The van der Waals surface area contributed by atoms with Crippen molar-refractivity contribution < 1.29 is 23.8 Å². The van der Waals surface area contributed by atoms with Gasteiger partial charge in [-0.05, 0) is 19.8 Å². The highest BCUT2D eigenvalue weighted by Crippen LogP contribution is 2.52. The molecule has 3 N–H and O–H groups in total. The zero-order valence-electron chi connectivity index (χ0n) is 17.1. The first-order chi connectivity index (χ1) is 14.4. The highest BCUT2D eigenvalue weighted by Gasteiger charge is 2.40. The Kier molecular flexibility index (Phi) is 6.86. The van der Waals surface area contributed by atoms with Crippen LogP contribution >= 0.6 is 7.82 Å². The van der Waals surface area contributed by atoms with E-state index in [1.54, 1.807) is 17.8 Å². The fourth-order valence-corrected chi connectivity index (χ4v) is 4.76.